The summed E-state index contributed by atoms with van der Waals surface area (Å²) in [7, 11) is 0. The van der Waals surface area contributed by atoms with E-state index in [9.17, 15) is 43.8 Å². The van der Waals surface area contributed by atoms with Crippen LogP contribution in [0, 0.1) is 11.8 Å². The minimum Gasteiger partial charge on any atom is -0.480 e. The average Bonchev–Trinajstić information content (AvgIpc) is 3.32. The molecule has 16 heteroatoms. The highest BCUT2D eigenvalue weighted by Gasteiger charge is 2.30. The summed E-state index contributed by atoms with van der Waals surface area (Å²) in [4.78, 5) is 85.7. The van der Waals surface area contributed by atoms with Gasteiger partial charge in [-0.25, -0.2) is 4.79 Å². The third kappa shape index (κ3) is 14.2. The van der Waals surface area contributed by atoms with Crippen molar-refractivity contribution in [1.82, 2.24) is 31.9 Å². The molecular formula is C26H45N7O9. The van der Waals surface area contributed by atoms with Crippen LogP contribution in [0.2, 0.25) is 0 Å². The fraction of sp³-hybridized carbons (Fsp3) is 0.731. The topological polar surface area (TPSA) is 258 Å². The molecule has 0 bridgehead atoms. The van der Waals surface area contributed by atoms with Crippen molar-refractivity contribution in [2.75, 3.05) is 19.6 Å². The third-order valence-electron chi connectivity index (χ3n) is 6.28. The Bertz CT molecular complexity index is 989. The van der Waals surface area contributed by atoms with Gasteiger partial charge in [0.05, 0.1) is 25.2 Å². The maximum Gasteiger partial charge on any atom is 0.326 e. The number of carbonyl (C=O) groups is 7. The van der Waals surface area contributed by atoms with Crippen molar-refractivity contribution < 1.29 is 43.8 Å². The van der Waals surface area contributed by atoms with Gasteiger partial charge < -0.3 is 47.8 Å². The second kappa shape index (κ2) is 17.9. The van der Waals surface area contributed by atoms with E-state index in [2.05, 4.69) is 31.9 Å². The first kappa shape index (κ1) is 36.2. The van der Waals surface area contributed by atoms with E-state index >= 15 is 0 Å². The Kier molecular flexibility index (Phi) is 15.4. The highest BCUT2D eigenvalue weighted by atomic mass is 16.4. The summed E-state index contributed by atoms with van der Waals surface area (Å²) < 4.78 is 0. The van der Waals surface area contributed by atoms with Crippen molar-refractivity contribution in [2.24, 2.45) is 17.6 Å². The van der Waals surface area contributed by atoms with Crippen molar-refractivity contribution in [3.8, 4) is 0 Å². The molecule has 0 aromatic carbocycles. The summed E-state index contributed by atoms with van der Waals surface area (Å²) in [5, 5.41) is 33.8. The maximum atomic E-state index is 13.1. The Balaban J connectivity index is 2.81. The number of aliphatic hydroxyl groups is 1. The molecule has 42 heavy (non-hydrogen) atoms. The highest BCUT2D eigenvalue weighted by molar-refractivity contribution is 5.95. The van der Waals surface area contributed by atoms with E-state index in [0.717, 1.165) is 0 Å². The van der Waals surface area contributed by atoms with Gasteiger partial charge in [0, 0.05) is 13.0 Å². The molecule has 0 aromatic rings. The van der Waals surface area contributed by atoms with Gasteiger partial charge in [-0.05, 0) is 37.5 Å². The second-order valence-electron chi connectivity index (χ2n) is 11.2. The van der Waals surface area contributed by atoms with Gasteiger partial charge in [-0.15, -0.1) is 0 Å². The van der Waals surface area contributed by atoms with E-state index in [-0.39, 0.29) is 50.5 Å². The van der Waals surface area contributed by atoms with Crippen molar-refractivity contribution >= 4 is 41.4 Å². The molecule has 0 aromatic heterocycles. The second-order valence-corrected chi connectivity index (χ2v) is 11.2. The molecule has 1 aliphatic heterocycles. The Labute approximate surface area is 244 Å². The highest BCUT2D eigenvalue weighted by Crippen LogP contribution is 2.08. The van der Waals surface area contributed by atoms with Crippen molar-refractivity contribution in [1.29, 1.82) is 0 Å². The Morgan fingerprint density at radius 3 is 1.86 bits per heavy atom. The van der Waals surface area contributed by atoms with Crippen LogP contribution in [0.5, 0.6) is 0 Å². The summed E-state index contributed by atoms with van der Waals surface area (Å²) in [6.45, 7) is 6.45. The molecule has 0 aliphatic carbocycles. The summed E-state index contributed by atoms with van der Waals surface area (Å²) in [6.07, 6.45) is -0.552. The number of primary amides is 1. The number of nitrogens with one attached hydrogen (secondary N) is 6. The molecule has 10 N–H and O–H groups in total. The largest absolute Gasteiger partial charge is 0.480 e. The number of rotatable bonds is 18. The molecule has 0 spiro atoms. The molecule has 238 valence electrons. The van der Waals surface area contributed by atoms with E-state index in [1.54, 1.807) is 27.7 Å². The number of β-amino-alcohol motifs (C(OH)–C–C–N with tert-alkyl or cyclic N) is 1. The maximum absolute atomic E-state index is 13.1. The molecular weight excluding hydrogens is 554 g/mol. The minimum atomic E-state index is -1.27. The van der Waals surface area contributed by atoms with E-state index in [1.807, 2.05) is 0 Å². The number of hydrogen-bond donors (Lipinski definition) is 9. The number of carboxylic acids is 1. The normalized spacial score (nSPS) is 18.5. The quantitative estimate of drug-likeness (QED) is 0.0764. The third-order valence-corrected chi connectivity index (χ3v) is 6.28. The van der Waals surface area contributed by atoms with Crippen LogP contribution in [0.25, 0.3) is 0 Å². The first-order chi connectivity index (χ1) is 19.6. The van der Waals surface area contributed by atoms with Crippen LogP contribution < -0.4 is 37.6 Å². The van der Waals surface area contributed by atoms with Gasteiger partial charge in [-0.3, -0.25) is 28.8 Å². The van der Waals surface area contributed by atoms with Gasteiger partial charge in [0.15, 0.2) is 0 Å². The molecule has 6 amide bonds. The number of carboxylic acid groups (broad SMARTS) is 1. The molecule has 1 fully saturated rings. The first-order valence-corrected chi connectivity index (χ1v) is 14.0. The lowest BCUT2D eigenvalue weighted by Crippen LogP contribution is -2.56. The first-order valence-electron chi connectivity index (χ1n) is 14.0. The lowest BCUT2D eigenvalue weighted by Gasteiger charge is -2.24. The minimum absolute atomic E-state index is 0.00391. The van der Waals surface area contributed by atoms with Crippen LogP contribution in [0.3, 0.4) is 0 Å². The number of aliphatic hydroxyl groups excluding tert-OH is 1. The fourth-order valence-corrected chi connectivity index (χ4v) is 4.21. The predicted molar refractivity (Wildman–Crippen MR) is 149 cm³/mol. The van der Waals surface area contributed by atoms with E-state index < -0.39 is 84.8 Å². The predicted octanol–water partition coefficient (Wildman–Crippen LogP) is -3.16. The summed E-state index contributed by atoms with van der Waals surface area (Å²) >= 11 is 0. The van der Waals surface area contributed by atoms with Crippen molar-refractivity contribution in [3.63, 3.8) is 0 Å². The van der Waals surface area contributed by atoms with Crippen LogP contribution in [-0.2, 0) is 33.6 Å². The number of carbonyl (C=O) groups excluding carboxylic acids is 6. The molecule has 0 saturated carbocycles. The van der Waals surface area contributed by atoms with Crippen LogP contribution in [-0.4, -0.2) is 102 Å². The Morgan fingerprint density at radius 2 is 1.36 bits per heavy atom. The van der Waals surface area contributed by atoms with E-state index in [4.69, 9.17) is 5.73 Å². The van der Waals surface area contributed by atoms with Gasteiger partial charge >= 0.3 is 5.97 Å². The molecule has 1 unspecified atom stereocenters. The standard InChI is InChI=1S/C26H45N7O9/c1-13(2)7-18(24(39)30-12-22(37)32-19(26(41)42)8-14(3)4)33-25(40)16(5-6-20(27)35)31-21(36)11-29-23(38)17-9-15(34)10-28-17/h13-19,28,34H,5-12H2,1-4H3,(H2,27,35)(H,29,38)(H,30,39)(H,31,36)(H,32,37)(H,33,40)(H,41,42)/t15-,16+,17+,18?,19+/m0/s1. The van der Waals surface area contributed by atoms with E-state index in [1.165, 1.54) is 0 Å². The molecule has 0 radical (unpaired) electrons. The summed E-state index contributed by atoms with van der Waals surface area (Å²) in [6, 6.07) is -4.18. The zero-order valence-electron chi connectivity index (χ0n) is 24.5. The van der Waals surface area contributed by atoms with Crippen LogP contribution in [0.1, 0.15) is 59.8 Å². The van der Waals surface area contributed by atoms with Gasteiger partial charge in [-0.1, -0.05) is 27.7 Å². The van der Waals surface area contributed by atoms with Gasteiger partial charge in [-0.2, -0.15) is 0 Å². The molecule has 1 aliphatic rings. The molecule has 1 heterocycles. The number of nitrogens with two attached hydrogens (primary N) is 1. The van der Waals surface area contributed by atoms with Crippen molar-refractivity contribution in [2.45, 2.75) is 90.1 Å². The zero-order chi connectivity index (χ0) is 32.0. The Hall–Kier alpha value is -3.79. The van der Waals surface area contributed by atoms with Gasteiger partial charge in [0.1, 0.15) is 18.1 Å². The summed E-state index contributed by atoms with van der Waals surface area (Å²) in [5.41, 5.74) is 5.21. The summed E-state index contributed by atoms with van der Waals surface area (Å²) in [5.74, 6) is -5.45. The van der Waals surface area contributed by atoms with Crippen LogP contribution >= 0.6 is 0 Å². The Morgan fingerprint density at radius 1 is 0.810 bits per heavy atom. The molecule has 16 nitrogen and oxygen atoms in total. The number of aliphatic carboxylic acids is 1. The zero-order valence-corrected chi connectivity index (χ0v) is 24.5. The van der Waals surface area contributed by atoms with Gasteiger partial charge in [0.2, 0.25) is 35.4 Å². The fourth-order valence-electron chi connectivity index (χ4n) is 4.21. The number of amides is 6. The number of hydrogen-bond acceptors (Lipinski definition) is 9. The molecule has 1 rings (SSSR count). The molecule has 1 saturated heterocycles. The molecule has 5 atom stereocenters. The van der Waals surface area contributed by atoms with Crippen LogP contribution in [0.15, 0.2) is 0 Å². The van der Waals surface area contributed by atoms with Crippen LogP contribution in [0.4, 0.5) is 0 Å². The van der Waals surface area contributed by atoms with Crippen molar-refractivity contribution in [3.05, 3.63) is 0 Å². The average molecular weight is 600 g/mol. The SMILES string of the molecule is CC(C)CC(NC(=O)[C@@H](CCC(N)=O)NC(=O)CNC(=O)[C@H]1C[C@H](O)CN1)C(=O)NCC(=O)N[C@H](CC(C)C)C(=O)O. The lowest BCUT2D eigenvalue weighted by molar-refractivity contribution is -0.142. The van der Waals surface area contributed by atoms with Gasteiger partial charge in [0.25, 0.3) is 0 Å². The monoisotopic (exact) mass is 599 g/mol. The van der Waals surface area contributed by atoms with E-state index in [0.29, 0.717) is 0 Å². The lowest BCUT2D eigenvalue weighted by atomic mass is 10.0. The smallest absolute Gasteiger partial charge is 0.326 e.